The first-order chi connectivity index (χ1) is 24.6. The molecule has 0 spiro atoms. The summed E-state index contributed by atoms with van der Waals surface area (Å²) in [6.07, 6.45) is 15.1. The molecular weight excluding hydrogens is 836 g/mol. The first-order valence-corrected chi connectivity index (χ1v) is 17.2. The van der Waals surface area contributed by atoms with E-state index in [4.69, 9.17) is 27.9 Å². The van der Waals surface area contributed by atoms with Crippen molar-refractivity contribution in [3.63, 3.8) is 0 Å². The summed E-state index contributed by atoms with van der Waals surface area (Å²) in [6, 6.07) is 26.7. The minimum absolute atomic E-state index is 0.0254. The second kappa shape index (κ2) is 20.7. The van der Waals surface area contributed by atoms with Gasteiger partial charge in [-0.2, -0.15) is 0 Å². The molecule has 5 rings (SSSR count). The van der Waals surface area contributed by atoms with E-state index in [9.17, 15) is 10.1 Å². The summed E-state index contributed by atoms with van der Waals surface area (Å²) in [5.41, 5.74) is 4.00. The number of nitriles is 2. The molecule has 2 heterocycles. The fraction of sp³-hybridized carbons (Fsp3) is 0.0488. The van der Waals surface area contributed by atoms with Gasteiger partial charge in [0, 0.05) is 19.0 Å². The van der Waals surface area contributed by atoms with E-state index in [-0.39, 0.29) is 11.4 Å². The third-order valence-electron chi connectivity index (χ3n) is 6.48. The van der Waals surface area contributed by atoms with Crippen molar-refractivity contribution in [3.8, 4) is 12.1 Å². The molecule has 7 nitrogen and oxygen atoms in total. The number of allylic oxidation sites excluding steroid dienone is 12. The Kier molecular flexibility index (Phi) is 16.1. The zero-order chi connectivity index (χ0) is 37.2. The van der Waals surface area contributed by atoms with E-state index in [1.165, 1.54) is 0 Å². The Morgan fingerprint density at radius 3 is 1.27 bits per heavy atom. The summed E-state index contributed by atoms with van der Waals surface area (Å²) in [5, 5.41) is 17.9. The van der Waals surface area contributed by atoms with Gasteiger partial charge in [0.1, 0.15) is 17.8 Å². The third kappa shape index (κ3) is 13.6. The summed E-state index contributed by atoms with van der Waals surface area (Å²) in [6.45, 7) is 17.6. The van der Waals surface area contributed by atoms with Gasteiger partial charge in [0.2, 0.25) is 0 Å². The lowest BCUT2D eigenvalue weighted by atomic mass is 10.1. The van der Waals surface area contributed by atoms with Crippen molar-refractivity contribution < 1.29 is 14.3 Å². The maximum Gasteiger partial charge on any atom is 0.269 e. The van der Waals surface area contributed by atoms with Gasteiger partial charge in [0.05, 0.1) is 36.8 Å². The van der Waals surface area contributed by atoms with Crippen LogP contribution < -0.4 is 0 Å². The third-order valence-corrected chi connectivity index (χ3v) is 8.07. The van der Waals surface area contributed by atoms with Crippen molar-refractivity contribution in [1.82, 2.24) is 0 Å². The lowest BCUT2D eigenvalue weighted by Crippen LogP contribution is -1.98. The molecule has 0 aromatic heterocycles. The highest BCUT2D eigenvalue weighted by Crippen LogP contribution is 2.26. The van der Waals surface area contributed by atoms with Gasteiger partial charge in [-0.1, -0.05) is 96.3 Å². The van der Waals surface area contributed by atoms with Crippen LogP contribution in [-0.2, 0) is 9.47 Å². The van der Waals surface area contributed by atoms with Crippen LogP contribution in [0.1, 0.15) is 35.3 Å². The van der Waals surface area contributed by atoms with Gasteiger partial charge in [-0.05, 0) is 109 Å². The zero-order valence-corrected chi connectivity index (χ0v) is 32.0. The molecule has 2 aliphatic rings. The minimum Gasteiger partial charge on any atom is -0.467 e. The normalized spacial score (nSPS) is 13.0. The van der Waals surface area contributed by atoms with Crippen LogP contribution in [0.3, 0.4) is 0 Å². The zero-order valence-electron chi connectivity index (χ0n) is 27.3. The quantitative estimate of drug-likeness (QED) is 0.145. The molecule has 0 bridgehead atoms. The van der Waals surface area contributed by atoms with Crippen molar-refractivity contribution >= 4 is 66.2 Å². The van der Waals surface area contributed by atoms with Crippen LogP contribution in [0, 0.1) is 35.8 Å². The predicted octanol–water partition coefficient (Wildman–Crippen LogP) is 12.2. The molecular formula is C41H27Br3N4O3. The molecule has 51 heavy (non-hydrogen) atoms. The van der Waals surface area contributed by atoms with E-state index < -0.39 is 0 Å². The first-order valence-electron chi connectivity index (χ1n) is 14.8. The maximum atomic E-state index is 10.1. The Morgan fingerprint density at radius 1 is 0.588 bits per heavy atom. The number of benzene rings is 3. The molecule has 3 aromatic rings. The Hall–Kier alpha value is -5.75. The molecule has 0 unspecified atom stereocenters. The van der Waals surface area contributed by atoms with Gasteiger partial charge in [-0.3, -0.25) is 4.79 Å². The van der Waals surface area contributed by atoms with E-state index in [1.807, 2.05) is 97.1 Å². The molecule has 0 aliphatic carbocycles. The molecule has 3 aromatic carbocycles. The summed E-state index contributed by atoms with van der Waals surface area (Å²) in [4.78, 5) is 16.5. The van der Waals surface area contributed by atoms with Crippen LogP contribution in [0.5, 0.6) is 0 Å². The monoisotopic (exact) mass is 860 g/mol. The Bertz CT molecular complexity index is 2050. The summed E-state index contributed by atoms with van der Waals surface area (Å²) in [7, 11) is 0. The highest BCUT2D eigenvalue weighted by Gasteiger charge is 2.12. The second-order valence-electron chi connectivity index (χ2n) is 10.3. The number of carbonyl (C=O) groups excluding carboxylic acids is 1. The molecule has 0 radical (unpaired) electrons. The maximum absolute atomic E-state index is 10.1. The summed E-state index contributed by atoms with van der Waals surface area (Å²) >= 11 is 10.1. The van der Waals surface area contributed by atoms with Gasteiger partial charge in [0.25, 0.3) is 11.4 Å². The fourth-order valence-electron chi connectivity index (χ4n) is 4.13. The summed E-state index contributed by atoms with van der Waals surface area (Å²) in [5.74, 6) is 2.51. The summed E-state index contributed by atoms with van der Waals surface area (Å²) < 4.78 is 14.2. The van der Waals surface area contributed by atoms with Gasteiger partial charge >= 0.3 is 0 Å². The van der Waals surface area contributed by atoms with E-state index in [1.54, 1.807) is 50.3 Å². The Labute approximate surface area is 322 Å². The number of nitrogens with zero attached hydrogens (tertiary/aromatic N) is 4. The fourth-order valence-corrected chi connectivity index (χ4v) is 4.92. The lowest BCUT2D eigenvalue weighted by molar-refractivity contribution is 0.112. The predicted molar refractivity (Wildman–Crippen MR) is 210 cm³/mol. The van der Waals surface area contributed by atoms with Crippen molar-refractivity contribution in [2.24, 2.45) is 0 Å². The molecule has 0 fully saturated rings. The highest BCUT2D eigenvalue weighted by molar-refractivity contribution is 9.11. The topological polar surface area (TPSA) is 91.8 Å². The molecule has 250 valence electrons. The second-order valence-corrected chi connectivity index (χ2v) is 13.0. The number of carbonyl (C=O) groups is 1. The molecule has 10 heteroatoms. The van der Waals surface area contributed by atoms with E-state index >= 15 is 0 Å². The Morgan fingerprint density at radius 2 is 0.941 bits per heavy atom. The molecule has 0 N–H and O–H groups in total. The largest absolute Gasteiger partial charge is 0.467 e. The highest BCUT2D eigenvalue weighted by atomic mass is 79.9. The van der Waals surface area contributed by atoms with Crippen LogP contribution in [0.15, 0.2) is 168 Å². The van der Waals surface area contributed by atoms with E-state index in [0.29, 0.717) is 39.7 Å². The smallest absolute Gasteiger partial charge is 0.269 e. The van der Waals surface area contributed by atoms with E-state index in [2.05, 4.69) is 57.5 Å². The molecule has 0 atom stereocenters. The number of aldehydes is 1. The van der Waals surface area contributed by atoms with Crippen molar-refractivity contribution in [2.75, 3.05) is 0 Å². The molecule has 0 amide bonds. The standard InChI is InChI=1S/C24H14Br2N2O.C10H8N2O.C7H5BrO/c1-28-24(16-27)19-14-22(12-6-17-2-8-20(25)9-3-17)29-23(15-19)13-7-18-4-10-21(26)11-5-18;1-7-4-9(5-8(2)13-7)10(6-11)12-3;8-7-3-1-6(5-9)2-4-7/h2-15H;4-5H,1-2H3;1-5H/b12-6+,13-7+;;. The lowest BCUT2D eigenvalue weighted by Gasteiger charge is -2.14. The number of rotatable bonds is 5. The molecule has 2 aliphatic heterocycles. The van der Waals surface area contributed by atoms with Crippen molar-refractivity contribution in [3.05, 3.63) is 208 Å². The minimum atomic E-state index is 0.0254. The first kappa shape index (κ1) is 39.7. The average Bonchev–Trinajstić information content (AvgIpc) is 3.13. The number of hydrogen-bond acceptors (Lipinski definition) is 5. The molecule has 0 saturated carbocycles. The van der Waals surface area contributed by atoms with Crippen LogP contribution in [-0.4, -0.2) is 6.29 Å². The van der Waals surface area contributed by atoms with Crippen molar-refractivity contribution in [2.45, 2.75) is 13.8 Å². The number of ether oxygens (including phenoxy) is 2. The number of hydrogen-bond donors (Lipinski definition) is 0. The Balaban J connectivity index is 0.000000260. The van der Waals surface area contributed by atoms with Crippen LogP contribution in [0.2, 0.25) is 0 Å². The van der Waals surface area contributed by atoms with Gasteiger partial charge in [-0.15, -0.1) is 0 Å². The van der Waals surface area contributed by atoms with Crippen LogP contribution in [0.25, 0.3) is 21.8 Å². The van der Waals surface area contributed by atoms with Crippen LogP contribution >= 0.6 is 47.8 Å². The number of halogens is 3. The van der Waals surface area contributed by atoms with Gasteiger partial charge in [0.15, 0.2) is 0 Å². The SMILES string of the molecule is O=Cc1ccc(Br)cc1.[C-]#[N+]C(C#N)=C1C=C(/C=C/c2ccc(Br)cc2)OC(/C=C/c2ccc(Br)cc2)=C1.[C-]#[N+]C(C#N)=C1C=C(C)OC(C)=C1. The van der Waals surface area contributed by atoms with E-state index in [0.717, 1.165) is 30.8 Å². The van der Waals surface area contributed by atoms with Gasteiger partial charge < -0.3 is 9.47 Å². The molecule has 0 saturated heterocycles. The van der Waals surface area contributed by atoms with Crippen LogP contribution in [0.4, 0.5) is 0 Å². The average molecular weight is 863 g/mol. The van der Waals surface area contributed by atoms with Gasteiger partial charge in [-0.25, -0.2) is 20.2 Å². The van der Waals surface area contributed by atoms with Crippen molar-refractivity contribution in [1.29, 1.82) is 10.5 Å².